The summed E-state index contributed by atoms with van der Waals surface area (Å²) in [6.45, 7) is 0.670. The summed E-state index contributed by atoms with van der Waals surface area (Å²) in [6.07, 6.45) is -2.69. The van der Waals surface area contributed by atoms with Crippen molar-refractivity contribution in [3.8, 4) is 11.4 Å². The van der Waals surface area contributed by atoms with Crippen LogP contribution in [0.3, 0.4) is 0 Å². The number of nitrogens with one attached hydrogen (secondary N) is 1. The molecule has 7 heteroatoms. The number of aromatic nitrogens is 1. The number of hydrogen-bond acceptors (Lipinski definition) is 2. The molecule has 1 aliphatic rings. The second kappa shape index (κ2) is 7.05. The van der Waals surface area contributed by atoms with Crippen LogP contribution < -0.4 is 10.1 Å². The standard InChI is InChI=1S/C19H15F3N2O.ClH/c20-19(21,22)25-15-9-7-13(8-10-15)18-17-6-3-11-24(17)16-5-2-1-4-14(16)12-23-18;/h1-11,18,23H,12H2;1H. The van der Waals surface area contributed by atoms with Crippen molar-refractivity contribution in [2.75, 3.05) is 0 Å². The lowest BCUT2D eigenvalue weighted by Gasteiger charge is -2.18. The zero-order valence-electron chi connectivity index (χ0n) is 13.5. The van der Waals surface area contributed by atoms with Crippen LogP contribution in [0.1, 0.15) is 22.9 Å². The van der Waals surface area contributed by atoms with Crippen molar-refractivity contribution < 1.29 is 17.9 Å². The summed E-state index contributed by atoms with van der Waals surface area (Å²) in [5.74, 6) is -0.219. The maximum Gasteiger partial charge on any atom is 0.573 e. The molecule has 1 aliphatic heterocycles. The highest BCUT2D eigenvalue weighted by molar-refractivity contribution is 5.85. The maximum absolute atomic E-state index is 12.3. The molecule has 0 bridgehead atoms. The number of hydrogen-bond donors (Lipinski definition) is 1. The Bertz CT molecular complexity index is 890. The van der Waals surface area contributed by atoms with E-state index < -0.39 is 6.36 Å². The van der Waals surface area contributed by atoms with Crippen LogP contribution in [0.4, 0.5) is 13.2 Å². The predicted molar refractivity (Wildman–Crippen MR) is 94.8 cm³/mol. The summed E-state index contributed by atoms with van der Waals surface area (Å²) in [7, 11) is 0. The number of ether oxygens (including phenoxy) is 1. The van der Waals surface area contributed by atoms with Crippen molar-refractivity contribution in [1.29, 1.82) is 0 Å². The molecule has 2 aromatic carbocycles. The summed E-state index contributed by atoms with van der Waals surface area (Å²) in [4.78, 5) is 0. The molecule has 0 aliphatic carbocycles. The van der Waals surface area contributed by atoms with Gasteiger partial charge >= 0.3 is 6.36 Å². The third-order valence-corrected chi connectivity index (χ3v) is 4.27. The summed E-state index contributed by atoms with van der Waals surface area (Å²) in [5.41, 5.74) is 4.19. The first-order valence-corrected chi connectivity index (χ1v) is 7.86. The van der Waals surface area contributed by atoms with Gasteiger partial charge in [0.1, 0.15) is 5.75 Å². The van der Waals surface area contributed by atoms with E-state index in [4.69, 9.17) is 0 Å². The van der Waals surface area contributed by atoms with E-state index >= 15 is 0 Å². The number of benzene rings is 2. The Kier molecular flexibility index (Phi) is 4.98. The molecule has 1 aromatic heterocycles. The molecular weight excluding hydrogens is 365 g/mol. The van der Waals surface area contributed by atoms with Crippen LogP contribution in [0, 0.1) is 0 Å². The van der Waals surface area contributed by atoms with Crippen molar-refractivity contribution in [3.63, 3.8) is 0 Å². The second-order valence-electron chi connectivity index (χ2n) is 5.86. The monoisotopic (exact) mass is 380 g/mol. The molecule has 3 nitrogen and oxygen atoms in total. The van der Waals surface area contributed by atoms with Crippen LogP contribution in [0.2, 0.25) is 0 Å². The second-order valence-corrected chi connectivity index (χ2v) is 5.86. The SMILES string of the molecule is Cl.FC(F)(F)Oc1ccc(C2NCc3ccccc3-n3cccc32)cc1. The van der Waals surface area contributed by atoms with E-state index in [1.807, 2.05) is 30.5 Å². The van der Waals surface area contributed by atoms with Gasteiger partial charge in [-0.1, -0.05) is 30.3 Å². The normalized spacial score (nSPS) is 16.0. The number of alkyl halides is 3. The lowest BCUT2D eigenvalue weighted by atomic mass is 10.0. The zero-order chi connectivity index (χ0) is 17.4. The fourth-order valence-electron chi connectivity index (χ4n) is 3.21. The molecule has 0 spiro atoms. The average Bonchev–Trinajstić information content (AvgIpc) is 2.99. The minimum Gasteiger partial charge on any atom is -0.406 e. The maximum atomic E-state index is 12.3. The van der Waals surface area contributed by atoms with Crippen molar-refractivity contribution in [2.45, 2.75) is 18.9 Å². The summed E-state index contributed by atoms with van der Waals surface area (Å²) in [5, 5.41) is 3.48. The molecule has 136 valence electrons. The molecule has 26 heavy (non-hydrogen) atoms. The van der Waals surface area contributed by atoms with Crippen LogP contribution in [-0.2, 0) is 6.54 Å². The third-order valence-electron chi connectivity index (χ3n) is 4.27. The molecule has 1 N–H and O–H groups in total. The van der Waals surface area contributed by atoms with Crippen LogP contribution >= 0.6 is 12.4 Å². The van der Waals surface area contributed by atoms with Crippen molar-refractivity contribution in [3.05, 3.63) is 83.7 Å². The largest absolute Gasteiger partial charge is 0.573 e. The predicted octanol–water partition coefficient (Wildman–Crippen LogP) is 4.99. The lowest BCUT2D eigenvalue weighted by molar-refractivity contribution is -0.274. The fourth-order valence-corrected chi connectivity index (χ4v) is 3.21. The van der Waals surface area contributed by atoms with E-state index in [1.165, 1.54) is 17.7 Å². The van der Waals surface area contributed by atoms with Gasteiger partial charge in [-0.25, -0.2) is 0 Å². The highest BCUT2D eigenvalue weighted by Gasteiger charge is 2.31. The van der Waals surface area contributed by atoms with E-state index in [0.29, 0.717) is 6.54 Å². The van der Waals surface area contributed by atoms with Crippen LogP contribution in [0.15, 0.2) is 66.9 Å². The highest BCUT2D eigenvalue weighted by atomic mass is 35.5. The van der Waals surface area contributed by atoms with Gasteiger partial charge in [-0.05, 0) is 41.5 Å². The Morgan fingerprint density at radius 3 is 2.42 bits per heavy atom. The van der Waals surface area contributed by atoms with E-state index in [0.717, 1.165) is 16.9 Å². The van der Waals surface area contributed by atoms with E-state index in [-0.39, 0.29) is 24.2 Å². The Morgan fingerprint density at radius 2 is 1.69 bits per heavy atom. The highest BCUT2D eigenvalue weighted by Crippen LogP contribution is 2.31. The van der Waals surface area contributed by atoms with Gasteiger partial charge in [-0.2, -0.15) is 0 Å². The van der Waals surface area contributed by atoms with Crippen LogP contribution in [0.25, 0.3) is 5.69 Å². The number of halogens is 4. The number of rotatable bonds is 2. The number of para-hydroxylation sites is 1. The van der Waals surface area contributed by atoms with Gasteiger partial charge in [0, 0.05) is 24.1 Å². The minimum atomic E-state index is -4.68. The third kappa shape index (κ3) is 3.57. The zero-order valence-corrected chi connectivity index (χ0v) is 14.3. The molecule has 0 amide bonds. The Morgan fingerprint density at radius 1 is 0.962 bits per heavy atom. The van der Waals surface area contributed by atoms with E-state index in [9.17, 15) is 13.2 Å². The molecule has 1 unspecified atom stereocenters. The van der Waals surface area contributed by atoms with Crippen molar-refractivity contribution in [2.24, 2.45) is 0 Å². The molecule has 3 aromatic rings. The number of nitrogens with zero attached hydrogens (tertiary/aromatic N) is 1. The van der Waals surface area contributed by atoms with E-state index in [1.54, 1.807) is 12.1 Å². The van der Waals surface area contributed by atoms with Gasteiger partial charge in [0.15, 0.2) is 0 Å². The smallest absolute Gasteiger partial charge is 0.406 e. The van der Waals surface area contributed by atoms with Gasteiger partial charge in [0.05, 0.1) is 6.04 Å². The summed E-state index contributed by atoms with van der Waals surface area (Å²) >= 11 is 0. The Labute approximate surface area is 154 Å². The topological polar surface area (TPSA) is 26.2 Å². The molecule has 0 radical (unpaired) electrons. The summed E-state index contributed by atoms with van der Waals surface area (Å²) in [6, 6.07) is 18.0. The first-order chi connectivity index (χ1) is 12.0. The lowest BCUT2D eigenvalue weighted by Crippen LogP contribution is -2.21. The van der Waals surface area contributed by atoms with Crippen molar-refractivity contribution >= 4 is 12.4 Å². The number of fused-ring (bicyclic) bond motifs is 3. The Hall–Kier alpha value is -2.44. The minimum absolute atomic E-state index is 0. The average molecular weight is 381 g/mol. The van der Waals surface area contributed by atoms with Crippen molar-refractivity contribution in [1.82, 2.24) is 9.88 Å². The van der Waals surface area contributed by atoms with Gasteiger partial charge in [-0.3, -0.25) is 0 Å². The molecule has 0 saturated carbocycles. The van der Waals surface area contributed by atoms with Gasteiger partial charge < -0.3 is 14.6 Å². The molecule has 2 heterocycles. The van der Waals surface area contributed by atoms with Gasteiger partial charge in [0.25, 0.3) is 0 Å². The summed E-state index contributed by atoms with van der Waals surface area (Å²) < 4.78 is 43.0. The Balaban J connectivity index is 0.00000196. The fraction of sp³-hybridized carbons (Fsp3) is 0.158. The quantitative estimate of drug-likeness (QED) is 0.677. The van der Waals surface area contributed by atoms with Gasteiger partial charge in [0.2, 0.25) is 0 Å². The van der Waals surface area contributed by atoms with E-state index in [2.05, 4.69) is 26.8 Å². The van der Waals surface area contributed by atoms with Gasteiger partial charge in [-0.15, -0.1) is 25.6 Å². The molecular formula is C19H16ClF3N2O. The molecule has 0 saturated heterocycles. The first kappa shape index (κ1) is 18.4. The molecule has 1 atom stereocenters. The van der Waals surface area contributed by atoms with Crippen LogP contribution in [-0.4, -0.2) is 10.9 Å². The molecule has 4 rings (SSSR count). The van der Waals surface area contributed by atoms with Crippen LogP contribution in [0.5, 0.6) is 5.75 Å². The first-order valence-electron chi connectivity index (χ1n) is 7.86. The molecule has 0 fully saturated rings.